The second-order valence-corrected chi connectivity index (χ2v) is 12.3. The highest BCUT2D eigenvalue weighted by Crippen LogP contribution is 2.28. The van der Waals surface area contributed by atoms with Crippen molar-refractivity contribution in [3.63, 3.8) is 0 Å². The van der Waals surface area contributed by atoms with Crippen molar-refractivity contribution in [2.75, 3.05) is 18.6 Å². The Balaban J connectivity index is 1.17. The Morgan fingerprint density at radius 2 is 1.34 bits per heavy atom. The first-order valence-electron chi connectivity index (χ1n) is 13.9. The SMILES string of the molecule is C/C=C(\C=C/NC)/C=C/c1cn(CCSSCCn2cc(/C=C/c3ccncc3)c3ccccc32)c2ccccc12. The summed E-state index contributed by atoms with van der Waals surface area (Å²) in [5.41, 5.74) is 7.41. The Kier molecular flexibility index (Phi) is 10.3. The van der Waals surface area contributed by atoms with Crippen LogP contribution < -0.4 is 5.32 Å². The van der Waals surface area contributed by atoms with E-state index >= 15 is 0 Å². The summed E-state index contributed by atoms with van der Waals surface area (Å²) in [6.45, 7) is 4.03. The maximum absolute atomic E-state index is 4.11. The van der Waals surface area contributed by atoms with Crippen LogP contribution in [-0.4, -0.2) is 32.7 Å². The lowest BCUT2D eigenvalue weighted by Gasteiger charge is -2.06. The Morgan fingerprint density at radius 1 is 0.756 bits per heavy atom. The fourth-order valence-electron chi connectivity index (χ4n) is 4.85. The van der Waals surface area contributed by atoms with Crippen LogP contribution in [0, 0.1) is 0 Å². The molecule has 0 aliphatic carbocycles. The molecule has 0 saturated carbocycles. The van der Waals surface area contributed by atoms with Gasteiger partial charge in [-0.2, -0.15) is 0 Å². The van der Waals surface area contributed by atoms with E-state index in [1.807, 2.05) is 59.4 Å². The number of rotatable bonds is 13. The van der Waals surface area contributed by atoms with Crippen molar-refractivity contribution in [2.45, 2.75) is 20.0 Å². The van der Waals surface area contributed by atoms with Gasteiger partial charge < -0.3 is 14.5 Å². The van der Waals surface area contributed by atoms with Crippen LogP contribution in [-0.2, 0) is 13.1 Å². The van der Waals surface area contributed by atoms with Gasteiger partial charge in [-0.1, -0.05) is 88.4 Å². The van der Waals surface area contributed by atoms with E-state index in [1.165, 1.54) is 38.5 Å². The molecule has 0 spiro atoms. The van der Waals surface area contributed by atoms with Crippen LogP contribution in [0.25, 0.3) is 40.0 Å². The topological polar surface area (TPSA) is 34.8 Å². The van der Waals surface area contributed by atoms with Crippen LogP contribution in [0.4, 0.5) is 0 Å². The van der Waals surface area contributed by atoms with Crippen LogP contribution in [0.2, 0.25) is 0 Å². The van der Waals surface area contributed by atoms with Crippen molar-refractivity contribution in [3.05, 3.63) is 132 Å². The average molecular weight is 577 g/mol. The van der Waals surface area contributed by atoms with E-state index in [1.54, 1.807) is 0 Å². The zero-order valence-electron chi connectivity index (χ0n) is 23.6. The van der Waals surface area contributed by atoms with Gasteiger partial charge in [0.15, 0.2) is 0 Å². The lowest BCUT2D eigenvalue weighted by atomic mass is 10.1. The standard InChI is InChI=1S/C35H36N4S2/c1-3-28(16-19-36-2)12-14-30-26-38(34-10-6-4-8-32(30)34)22-24-40-41-25-23-39-27-31(33-9-5-7-11-35(33)39)15-13-29-17-20-37-21-18-29/h3-21,26-27,36H,22-25H2,1-2H3/b14-12+,15-13+,19-16-,28-3-. The first kappa shape index (κ1) is 28.7. The summed E-state index contributed by atoms with van der Waals surface area (Å²) in [6, 6.07) is 21.4. The van der Waals surface area contributed by atoms with Gasteiger partial charge in [0, 0.05) is 78.2 Å². The number of hydrogen-bond acceptors (Lipinski definition) is 4. The normalized spacial score (nSPS) is 12.6. The largest absolute Gasteiger partial charge is 0.394 e. The first-order valence-corrected chi connectivity index (χ1v) is 16.4. The van der Waals surface area contributed by atoms with Crippen LogP contribution in [0.5, 0.6) is 0 Å². The minimum atomic E-state index is 0.984. The number of nitrogens with zero attached hydrogens (tertiary/aromatic N) is 3. The Bertz CT molecular complexity index is 1690. The molecule has 0 saturated heterocycles. The number of hydrogen-bond donors (Lipinski definition) is 1. The van der Waals surface area contributed by atoms with E-state index in [0.717, 1.165) is 30.2 Å². The van der Waals surface area contributed by atoms with Crippen molar-refractivity contribution in [2.24, 2.45) is 0 Å². The fraction of sp³-hybridized carbons (Fsp3) is 0.171. The molecule has 1 N–H and O–H groups in total. The van der Waals surface area contributed by atoms with Crippen LogP contribution >= 0.6 is 21.6 Å². The molecule has 4 nitrogen and oxygen atoms in total. The van der Waals surface area contributed by atoms with Crippen molar-refractivity contribution in [3.8, 4) is 0 Å². The maximum Gasteiger partial charge on any atom is 0.0486 e. The maximum atomic E-state index is 4.11. The summed E-state index contributed by atoms with van der Waals surface area (Å²) in [5, 5.41) is 5.65. The quantitative estimate of drug-likeness (QED) is 0.0862. The molecule has 0 aliphatic heterocycles. The fourth-order valence-corrected chi connectivity index (χ4v) is 6.78. The van der Waals surface area contributed by atoms with E-state index in [2.05, 4.69) is 124 Å². The average Bonchev–Trinajstić information content (AvgIpc) is 3.56. The zero-order valence-corrected chi connectivity index (χ0v) is 25.2. The Labute approximate surface area is 251 Å². The molecule has 0 bridgehead atoms. The van der Waals surface area contributed by atoms with E-state index in [-0.39, 0.29) is 0 Å². The molecule has 0 fully saturated rings. The van der Waals surface area contributed by atoms with E-state index < -0.39 is 0 Å². The number of benzene rings is 2. The van der Waals surface area contributed by atoms with Crippen LogP contribution in [0.15, 0.2) is 115 Å². The molecule has 3 heterocycles. The molecule has 5 rings (SSSR count). The lowest BCUT2D eigenvalue weighted by Crippen LogP contribution is -1.99. The van der Waals surface area contributed by atoms with Crippen molar-refractivity contribution in [1.29, 1.82) is 0 Å². The molecule has 0 aliphatic rings. The van der Waals surface area contributed by atoms with Gasteiger partial charge in [0.2, 0.25) is 0 Å². The number of aryl methyl sites for hydroxylation is 2. The molecule has 0 radical (unpaired) electrons. The smallest absolute Gasteiger partial charge is 0.0486 e. The molecular weight excluding hydrogens is 541 g/mol. The zero-order chi connectivity index (χ0) is 28.3. The monoisotopic (exact) mass is 576 g/mol. The molecule has 41 heavy (non-hydrogen) atoms. The van der Waals surface area contributed by atoms with Crippen LogP contribution in [0.3, 0.4) is 0 Å². The van der Waals surface area contributed by atoms with Crippen molar-refractivity contribution in [1.82, 2.24) is 19.4 Å². The predicted octanol–water partition coefficient (Wildman–Crippen LogP) is 8.94. The van der Waals surface area contributed by atoms with Crippen molar-refractivity contribution < 1.29 is 0 Å². The van der Waals surface area contributed by atoms with Crippen molar-refractivity contribution >= 4 is 61.6 Å². The summed E-state index contributed by atoms with van der Waals surface area (Å²) >= 11 is 0. The van der Waals surface area contributed by atoms with E-state index in [0.29, 0.717) is 0 Å². The Hall–Kier alpha value is -3.87. The molecule has 5 aromatic rings. The minimum Gasteiger partial charge on any atom is -0.394 e. The number of nitrogens with one attached hydrogen (secondary N) is 1. The molecule has 208 valence electrons. The van der Waals surface area contributed by atoms with Gasteiger partial charge in [0.1, 0.15) is 0 Å². The molecule has 0 amide bonds. The highest BCUT2D eigenvalue weighted by atomic mass is 33.1. The number of aromatic nitrogens is 3. The lowest BCUT2D eigenvalue weighted by molar-refractivity contribution is 0.806. The summed E-state index contributed by atoms with van der Waals surface area (Å²) < 4.78 is 4.78. The number of fused-ring (bicyclic) bond motifs is 2. The van der Waals surface area contributed by atoms with Gasteiger partial charge in [-0.3, -0.25) is 4.98 Å². The third-order valence-corrected chi connectivity index (χ3v) is 9.31. The number of para-hydroxylation sites is 2. The summed E-state index contributed by atoms with van der Waals surface area (Å²) in [5.74, 6) is 2.12. The van der Waals surface area contributed by atoms with E-state index in [9.17, 15) is 0 Å². The molecular formula is C35H36N4S2. The highest BCUT2D eigenvalue weighted by molar-refractivity contribution is 8.76. The molecule has 0 atom stereocenters. The second-order valence-electron chi connectivity index (χ2n) is 9.59. The highest BCUT2D eigenvalue weighted by Gasteiger charge is 2.08. The number of pyridine rings is 1. The third kappa shape index (κ3) is 7.46. The van der Waals surface area contributed by atoms with Gasteiger partial charge in [0.25, 0.3) is 0 Å². The summed E-state index contributed by atoms with van der Waals surface area (Å²) in [7, 11) is 5.83. The molecule has 2 aromatic carbocycles. The van der Waals surface area contributed by atoms with Crippen LogP contribution in [0.1, 0.15) is 23.6 Å². The molecule has 6 heteroatoms. The summed E-state index contributed by atoms with van der Waals surface area (Å²) in [6.07, 6.45) is 23.1. The Morgan fingerprint density at radius 3 is 1.93 bits per heavy atom. The van der Waals surface area contributed by atoms with Gasteiger partial charge >= 0.3 is 0 Å². The minimum absolute atomic E-state index is 0.984. The number of allylic oxidation sites excluding steroid dienone is 4. The third-order valence-electron chi connectivity index (χ3n) is 6.95. The van der Waals surface area contributed by atoms with Gasteiger partial charge in [-0.25, -0.2) is 0 Å². The van der Waals surface area contributed by atoms with Gasteiger partial charge in [-0.05, 0) is 65.7 Å². The predicted molar refractivity (Wildman–Crippen MR) is 183 cm³/mol. The second kappa shape index (κ2) is 14.7. The van der Waals surface area contributed by atoms with E-state index in [4.69, 9.17) is 0 Å². The van der Waals surface area contributed by atoms with Gasteiger partial charge in [0.05, 0.1) is 0 Å². The van der Waals surface area contributed by atoms with Gasteiger partial charge in [-0.15, -0.1) is 0 Å². The first-order chi connectivity index (χ1) is 20.3. The molecule has 3 aromatic heterocycles. The molecule has 0 unspecified atom stereocenters. The summed E-state index contributed by atoms with van der Waals surface area (Å²) in [4.78, 5) is 4.11.